The number of aliphatic hydroxyl groups is 1. The van der Waals surface area contributed by atoms with E-state index >= 15 is 0 Å². The molecule has 2 rings (SSSR count). The van der Waals surface area contributed by atoms with Crippen LogP contribution in [0.15, 0.2) is 36.4 Å². The number of rotatable bonds is 11. The van der Waals surface area contributed by atoms with Crippen molar-refractivity contribution in [2.75, 3.05) is 13.2 Å². The van der Waals surface area contributed by atoms with Crippen molar-refractivity contribution in [2.45, 2.75) is 89.9 Å². The summed E-state index contributed by atoms with van der Waals surface area (Å²) >= 11 is 0. The third-order valence-corrected chi connectivity index (χ3v) is 6.42. The minimum Gasteiger partial charge on any atom is -0.462 e. The SMILES string of the molecule is C=C(C)C(=O)OCC(CO)c1ccc(C2CCCC(CCCCCC)CC2)cc1. The van der Waals surface area contributed by atoms with E-state index in [9.17, 15) is 9.90 Å². The van der Waals surface area contributed by atoms with Gasteiger partial charge in [0.15, 0.2) is 0 Å². The summed E-state index contributed by atoms with van der Waals surface area (Å²) in [6.45, 7) is 7.65. The Bertz CT molecular complexity index is 619. The van der Waals surface area contributed by atoms with Crippen molar-refractivity contribution in [1.29, 1.82) is 0 Å². The van der Waals surface area contributed by atoms with E-state index in [0.29, 0.717) is 11.5 Å². The molecule has 3 heteroatoms. The van der Waals surface area contributed by atoms with Gasteiger partial charge in [0.05, 0.1) is 6.61 Å². The van der Waals surface area contributed by atoms with E-state index in [0.717, 1.165) is 11.5 Å². The number of aliphatic hydroxyl groups excluding tert-OH is 1. The van der Waals surface area contributed by atoms with Crippen molar-refractivity contribution in [1.82, 2.24) is 0 Å². The first-order valence-electron chi connectivity index (χ1n) is 11.6. The normalized spacial score (nSPS) is 20.7. The lowest BCUT2D eigenvalue weighted by Crippen LogP contribution is -2.16. The fourth-order valence-corrected chi connectivity index (χ4v) is 4.45. The standard InChI is InChI=1S/C26H40O3/c1-4-5-6-7-9-21-10-8-11-22(13-12-21)23-14-16-24(17-15-23)25(18-27)19-29-26(28)20(2)3/h14-17,21-22,25,27H,2,4-13,18-19H2,1,3H3. The van der Waals surface area contributed by atoms with Crippen LogP contribution in [0, 0.1) is 5.92 Å². The summed E-state index contributed by atoms with van der Waals surface area (Å²) in [5, 5.41) is 9.71. The topological polar surface area (TPSA) is 46.5 Å². The second kappa shape index (κ2) is 12.8. The minimum absolute atomic E-state index is 0.0358. The molecular weight excluding hydrogens is 360 g/mol. The van der Waals surface area contributed by atoms with Crippen LogP contribution in [0.5, 0.6) is 0 Å². The van der Waals surface area contributed by atoms with Crippen molar-refractivity contribution in [3.05, 3.63) is 47.5 Å². The zero-order valence-corrected chi connectivity index (χ0v) is 18.5. The molecule has 1 aliphatic carbocycles. The van der Waals surface area contributed by atoms with Gasteiger partial charge in [-0.2, -0.15) is 0 Å². The van der Waals surface area contributed by atoms with Gasteiger partial charge in [-0.05, 0) is 49.1 Å². The van der Waals surface area contributed by atoms with Crippen molar-refractivity contribution >= 4 is 5.97 Å². The van der Waals surface area contributed by atoms with Gasteiger partial charge in [0.2, 0.25) is 0 Å². The smallest absolute Gasteiger partial charge is 0.333 e. The second-order valence-electron chi connectivity index (χ2n) is 8.85. The number of unbranched alkanes of at least 4 members (excludes halogenated alkanes) is 3. The Morgan fingerprint density at radius 2 is 1.90 bits per heavy atom. The van der Waals surface area contributed by atoms with E-state index in [1.54, 1.807) is 6.92 Å². The fraction of sp³-hybridized carbons (Fsp3) is 0.654. The van der Waals surface area contributed by atoms with Gasteiger partial charge < -0.3 is 9.84 Å². The van der Waals surface area contributed by atoms with Gasteiger partial charge in [-0.1, -0.05) is 82.7 Å². The highest BCUT2D eigenvalue weighted by Gasteiger charge is 2.21. The average Bonchev–Trinajstić information content (AvgIpc) is 2.97. The van der Waals surface area contributed by atoms with Gasteiger partial charge >= 0.3 is 5.97 Å². The summed E-state index contributed by atoms with van der Waals surface area (Å²) in [4.78, 5) is 11.6. The number of carbonyl (C=O) groups excluding carboxylic acids is 1. The summed E-state index contributed by atoms with van der Waals surface area (Å²) in [6, 6.07) is 8.62. The zero-order valence-electron chi connectivity index (χ0n) is 18.5. The minimum atomic E-state index is -0.400. The third kappa shape index (κ3) is 7.97. The molecule has 0 aromatic heterocycles. The molecule has 1 aliphatic rings. The van der Waals surface area contributed by atoms with Crippen LogP contribution in [-0.2, 0) is 9.53 Å². The maximum Gasteiger partial charge on any atom is 0.333 e. The van der Waals surface area contributed by atoms with Gasteiger partial charge in [0.25, 0.3) is 0 Å². The van der Waals surface area contributed by atoms with Crippen LogP contribution in [-0.4, -0.2) is 24.3 Å². The molecule has 1 N–H and O–H groups in total. The number of hydrogen-bond donors (Lipinski definition) is 1. The molecule has 162 valence electrons. The molecule has 0 amide bonds. The highest BCUT2D eigenvalue weighted by molar-refractivity contribution is 5.86. The molecule has 3 unspecified atom stereocenters. The second-order valence-corrected chi connectivity index (χ2v) is 8.85. The molecule has 1 aromatic rings. The van der Waals surface area contributed by atoms with Gasteiger partial charge in [-0.3, -0.25) is 0 Å². The maximum absolute atomic E-state index is 11.6. The average molecular weight is 401 g/mol. The monoisotopic (exact) mass is 400 g/mol. The first-order valence-corrected chi connectivity index (χ1v) is 11.6. The molecule has 0 spiro atoms. The molecule has 1 fully saturated rings. The zero-order chi connectivity index (χ0) is 21.1. The van der Waals surface area contributed by atoms with E-state index in [4.69, 9.17) is 4.74 Å². The molecule has 1 saturated carbocycles. The first kappa shape index (κ1) is 23.7. The van der Waals surface area contributed by atoms with Gasteiger partial charge in [-0.25, -0.2) is 4.79 Å². The Morgan fingerprint density at radius 1 is 1.14 bits per heavy atom. The molecule has 29 heavy (non-hydrogen) atoms. The number of carbonyl (C=O) groups is 1. The predicted octanol–water partition coefficient (Wildman–Crippen LogP) is 6.52. The highest BCUT2D eigenvalue weighted by Crippen LogP contribution is 2.36. The van der Waals surface area contributed by atoms with Crippen LogP contribution < -0.4 is 0 Å². The maximum atomic E-state index is 11.6. The Balaban J connectivity index is 1.87. The molecule has 3 nitrogen and oxygen atoms in total. The largest absolute Gasteiger partial charge is 0.462 e. The van der Waals surface area contributed by atoms with Crippen LogP contribution >= 0.6 is 0 Å². The summed E-state index contributed by atoms with van der Waals surface area (Å²) in [6.07, 6.45) is 13.5. The Hall–Kier alpha value is -1.61. The van der Waals surface area contributed by atoms with E-state index < -0.39 is 5.97 Å². The molecule has 0 bridgehead atoms. The van der Waals surface area contributed by atoms with E-state index in [-0.39, 0.29) is 19.1 Å². The van der Waals surface area contributed by atoms with E-state index in [2.05, 4.69) is 37.8 Å². The summed E-state index contributed by atoms with van der Waals surface area (Å²) < 4.78 is 5.23. The predicted molar refractivity (Wildman–Crippen MR) is 120 cm³/mol. The van der Waals surface area contributed by atoms with Crippen molar-refractivity contribution in [3.8, 4) is 0 Å². The Morgan fingerprint density at radius 3 is 2.55 bits per heavy atom. The summed E-state index contributed by atoms with van der Waals surface area (Å²) in [7, 11) is 0. The van der Waals surface area contributed by atoms with Crippen LogP contribution in [0.1, 0.15) is 101 Å². The molecule has 0 aliphatic heterocycles. The van der Waals surface area contributed by atoms with Crippen LogP contribution in [0.25, 0.3) is 0 Å². The van der Waals surface area contributed by atoms with Crippen LogP contribution in [0.3, 0.4) is 0 Å². The lowest BCUT2D eigenvalue weighted by atomic mass is 9.88. The van der Waals surface area contributed by atoms with Gasteiger partial charge in [-0.15, -0.1) is 0 Å². The first-order chi connectivity index (χ1) is 14.0. The molecule has 3 atom stereocenters. The Labute approximate surface area is 177 Å². The molecule has 0 heterocycles. The van der Waals surface area contributed by atoms with Gasteiger partial charge in [0, 0.05) is 11.5 Å². The molecule has 0 radical (unpaired) electrons. The van der Waals surface area contributed by atoms with E-state index in [1.807, 2.05) is 0 Å². The van der Waals surface area contributed by atoms with Gasteiger partial charge in [0.1, 0.15) is 6.61 Å². The van der Waals surface area contributed by atoms with Crippen molar-refractivity contribution in [2.24, 2.45) is 5.92 Å². The molecular formula is C26H40O3. The quantitative estimate of drug-likeness (QED) is 0.199. The van der Waals surface area contributed by atoms with Crippen molar-refractivity contribution in [3.63, 3.8) is 0 Å². The summed E-state index contributed by atoms with van der Waals surface area (Å²) in [5.74, 6) is 0.980. The van der Waals surface area contributed by atoms with Crippen molar-refractivity contribution < 1.29 is 14.6 Å². The number of ether oxygens (including phenoxy) is 1. The third-order valence-electron chi connectivity index (χ3n) is 6.42. The number of hydrogen-bond acceptors (Lipinski definition) is 3. The lowest BCUT2D eigenvalue weighted by Gasteiger charge is -2.18. The fourth-order valence-electron chi connectivity index (χ4n) is 4.45. The van der Waals surface area contributed by atoms with E-state index in [1.165, 1.54) is 69.8 Å². The lowest BCUT2D eigenvalue weighted by molar-refractivity contribution is -0.139. The molecule has 0 saturated heterocycles. The summed E-state index contributed by atoms with van der Waals surface area (Å²) in [5.41, 5.74) is 2.82. The number of esters is 1. The number of benzene rings is 1. The Kier molecular flexibility index (Phi) is 10.5. The molecule has 1 aromatic carbocycles. The van der Waals surface area contributed by atoms with Crippen LogP contribution in [0.2, 0.25) is 0 Å². The highest BCUT2D eigenvalue weighted by atomic mass is 16.5. The van der Waals surface area contributed by atoms with Crippen LogP contribution in [0.4, 0.5) is 0 Å².